The van der Waals surface area contributed by atoms with Crippen LogP contribution < -0.4 is 5.73 Å². The maximum absolute atomic E-state index is 5.62. The van der Waals surface area contributed by atoms with E-state index >= 15 is 0 Å². The predicted octanol–water partition coefficient (Wildman–Crippen LogP) is 0.996. The lowest BCUT2D eigenvalue weighted by atomic mass is 10.1. The molecule has 6 nitrogen and oxygen atoms in total. The molecule has 96 valence electrons. The van der Waals surface area contributed by atoms with Crippen LogP contribution in [0.3, 0.4) is 0 Å². The van der Waals surface area contributed by atoms with Crippen molar-refractivity contribution in [2.75, 3.05) is 6.54 Å². The van der Waals surface area contributed by atoms with E-state index in [0.717, 1.165) is 16.8 Å². The first-order chi connectivity index (χ1) is 9.29. The average Bonchev–Trinajstić information content (AvgIpc) is 2.88. The van der Waals surface area contributed by atoms with Crippen LogP contribution in [-0.2, 0) is 6.42 Å². The summed E-state index contributed by atoms with van der Waals surface area (Å²) in [4.78, 5) is 4.58. The van der Waals surface area contributed by atoms with Gasteiger partial charge < -0.3 is 5.73 Å². The molecule has 2 heterocycles. The van der Waals surface area contributed by atoms with Crippen molar-refractivity contribution in [1.82, 2.24) is 24.8 Å². The number of aryl methyl sites for hydroxylation is 1. The number of rotatable bonds is 3. The van der Waals surface area contributed by atoms with Crippen molar-refractivity contribution in [3.8, 4) is 11.4 Å². The van der Waals surface area contributed by atoms with E-state index in [4.69, 9.17) is 5.73 Å². The van der Waals surface area contributed by atoms with E-state index in [2.05, 4.69) is 20.3 Å². The summed E-state index contributed by atoms with van der Waals surface area (Å²) >= 11 is 0. The standard InChI is InChI=1S/C13H14N6/c1-9-4-2-3-5-10(9)12-16-11(6-7-14)13-17-15-8-19(13)18-12/h2-5,8H,6-7,14H2,1H3. The lowest BCUT2D eigenvalue weighted by Gasteiger charge is -2.07. The molecule has 0 amide bonds. The van der Waals surface area contributed by atoms with Gasteiger partial charge in [-0.2, -0.15) is 4.52 Å². The zero-order valence-corrected chi connectivity index (χ0v) is 10.6. The quantitative estimate of drug-likeness (QED) is 0.754. The highest BCUT2D eigenvalue weighted by Gasteiger charge is 2.11. The van der Waals surface area contributed by atoms with Crippen LogP contribution in [0.25, 0.3) is 17.0 Å². The first-order valence-corrected chi connectivity index (χ1v) is 6.12. The molecule has 0 aliphatic carbocycles. The van der Waals surface area contributed by atoms with Crippen LogP contribution in [0.4, 0.5) is 0 Å². The summed E-state index contributed by atoms with van der Waals surface area (Å²) in [5, 5.41) is 12.3. The number of fused-ring (bicyclic) bond motifs is 1. The van der Waals surface area contributed by atoms with E-state index in [0.29, 0.717) is 24.4 Å². The third-order valence-electron chi connectivity index (χ3n) is 3.00. The van der Waals surface area contributed by atoms with Gasteiger partial charge in [-0.1, -0.05) is 24.3 Å². The fraction of sp³-hybridized carbons (Fsp3) is 0.231. The summed E-state index contributed by atoms with van der Waals surface area (Å²) in [7, 11) is 0. The smallest absolute Gasteiger partial charge is 0.199 e. The Hall–Kier alpha value is -2.34. The van der Waals surface area contributed by atoms with Crippen molar-refractivity contribution < 1.29 is 0 Å². The molecule has 0 radical (unpaired) electrons. The normalized spacial score (nSPS) is 11.1. The molecule has 19 heavy (non-hydrogen) atoms. The third-order valence-corrected chi connectivity index (χ3v) is 3.00. The lowest BCUT2D eigenvalue weighted by molar-refractivity contribution is 0.844. The van der Waals surface area contributed by atoms with Gasteiger partial charge in [-0.05, 0) is 19.0 Å². The van der Waals surface area contributed by atoms with Gasteiger partial charge in [0, 0.05) is 12.0 Å². The first kappa shape index (κ1) is 11.7. The Morgan fingerprint density at radius 2 is 2.11 bits per heavy atom. The van der Waals surface area contributed by atoms with Crippen LogP contribution in [0.2, 0.25) is 0 Å². The van der Waals surface area contributed by atoms with Gasteiger partial charge >= 0.3 is 0 Å². The van der Waals surface area contributed by atoms with Crippen LogP contribution >= 0.6 is 0 Å². The zero-order chi connectivity index (χ0) is 13.2. The Bertz CT molecular complexity index is 718. The summed E-state index contributed by atoms with van der Waals surface area (Å²) in [6.45, 7) is 2.56. The van der Waals surface area contributed by atoms with Crippen molar-refractivity contribution in [3.05, 3.63) is 41.9 Å². The molecule has 3 aromatic rings. The number of nitrogens with zero attached hydrogens (tertiary/aromatic N) is 5. The van der Waals surface area contributed by atoms with Gasteiger partial charge in [0.25, 0.3) is 0 Å². The second-order valence-electron chi connectivity index (χ2n) is 4.33. The van der Waals surface area contributed by atoms with Crippen LogP contribution in [0.1, 0.15) is 11.3 Å². The number of aromatic nitrogens is 5. The van der Waals surface area contributed by atoms with E-state index in [1.807, 2.05) is 31.2 Å². The second kappa shape index (κ2) is 4.74. The molecule has 0 fully saturated rings. The van der Waals surface area contributed by atoms with Crippen molar-refractivity contribution in [1.29, 1.82) is 0 Å². The summed E-state index contributed by atoms with van der Waals surface area (Å²) in [5.74, 6) is 0.675. The maximum atomic E-state index is 5.62. The van der Waals surface area contributed by atoms with Gasteiger partial charge in [0.2, 0.25) is 0 Å². The second-order valence-corrected chi connectivity index (χ2v) is 4.33. The van der Waals surface area contributed by atoms with E-state index in [-0.39, 0.29) is 0 Å². The van der Waals surface area contributed by atoms with Crippen molar-refractivity contribution in [3.63, 3.8) is 0 Å². The van der Waals surface area contributed by atoms with E-state index in [1.54, 1.807) is 10.8 Å². The van der Waals surface area contributed by atoms with Gasteiger partial charge in [-0.15, -0.1) is 15.3 Å². The molecule has 0 atom stereocenters. The molecule has 0 unspecified atom stereocenters. The monoisotopic (exact) mass is 254 g/mol. The Morgan fingerprint density at radius 3 is 2.89 bits per heavy atom. The van der Waals surface area contributed by atoms with Gasteiger partial charge in [0.15, 0.2) is 11.5 Å². The van der Waals surface area contributed by atoms with Gasteiger partial charge in [0.05, 0.1) is 5.69 Å². The highest BCUT2D eigenvalue weighted by Crippen LogP contribution is 2.20. The largest absolute Gasteiger partial charge is 0.330 e. The fourth-order valence-corrected chi connectivity index (χ4v) is 2.04. The molecule has 6 heteroatoms. The van der Waals surface area contributed by atoms with Gasteiger partial charge in [-0.3, -0.25) is 0 Å². The summed E-state index contributed by atoms with van der Waals surface area (Å²) in [5.41, 5.74) is 9.26. The molecule has 0 saturated heterocycles. The Kier molecular flexibility index (Phi) is 2.92. The summed E-state index contributed by atoms with van der Waals surface area (Å²) < 4.78 is 1.65. The van der Waals surface area contributed by atoms with Gasteiger partial charge in [-0.25, -0.2) is 4.98 Å². The number of hydrogen-bond acceptors (Lipinski definition) is 5. The van der Waals surface area contributed by atoms with Crippen molar-refractivity contribution in [2.24, 2.45) is 5.73 Å². The Balaban J connectivity index is 2.22. The topological polar surface area (TPSA) is 82.0 Å². The number of hydrogen-bond donors (Lipinski definition) is 1. The predicted molar refractivity (Wildman–Crippen MR) is 71.5 cm³/mol. The van der Waals surface area contributed by atoms with E-state index < -0.39 is 0 Å². The fourth-order valence-electron chi connectivity index (χ4n) is 2.04. The highest BCUT2D eigenvalue weighted by molar-refractivity contribution is 5.60. The molecule has 1 aromatic carbocycles. The maximum Gasteiger partial charge on any atom is 0.199 e. The first-order valence-electron chi connectivity index (χ1n) is 6.12. The van der Waals surface area contributed by atoms with Crippen molar-refractivity contribution in [2.45, 2.75) is 13.3 Å². The molecular formula is C13H14N6. The molecule has 3 rings (SSSR count). The lowest BCUT2D eigenvalue weighted by Crippen LogP contribution is -2.09. The molecule has 0 bridgehead atoms. The van der Waals surface area contributed by atoms with Crippen LogP contribution in [-0.4, -0.2) is 31.3 Å². The zero-order valence-electron chi connectivity index (χ0n) is 10.6. The third kappa shape index (κ3) is 2.06. The highest BCUT2D eigenvalue weighted by atomic mass is 15.4. The minimum Gasteiger partial charge on any atom is -0.330 e. The van der Waals surface area contributed by atoms with E-state index in [1.165, 1.54) is 0 Å². The van der Waals surface area contributed by atoms with Crippen LogP contribution in [0, 0.1) is 6.92 Å². The van der Waals surface area contributed by atoms with E-state index in [9.17, 15) is 0 Å². The molecule has 0 spiro atoms. The molecule has 0 aliphatic rings. The molecule has 2 N–H and O–H groups in total. The average molecular weight is 254 g/mol. The molecule has 2 aromatic heterocycles. The van der Waals surface area contributed by atoms with Crippen molar-refractivity contribution >= 4 is 5.65 Å². The van der Waals surface area contributed by atoms with Crippen LogP contribution in [0.5, 0.6) is 0 Å². The minimum absolute atomic E-state index is 0.521. The molecule has 0 aliphatic heterocycles. The molecule has 0 saturated carbocycles. The minimum atomic E-state index is 0.521. The SMILES string of the molecule is Cc1ccccc1-c1nc(CCN)c2nncn2n1. The number of nitrogens with two attached hydrogens (primary N) is 1. The summed E-state index contributed by atoms with van der Waals surface area (Å²) in [6.07, 6.45) is 2.24. The summed E-state index contributed by atoms with van der Waals surface area (Å²) in [6, 6.07) is 8.02. The number of benzene rings is 1. The van der Waals surface area contributed by atoms with Crippen LogP contribution in [0.15, 0.2) is 30.6 Å². The molecular weight excluding hydrogens is 240 g/mol. The Labute approximate surface area is 110 Å². The van der Waals surface area contributed by atoms with Gasteiger partial charge in [0.1, 0.15) is 6.33 Å². The Morgan fingerprint density at radius 1 is 1.26 bits per heavy atom.